The third kappa shape index (κ3) is 10.2. The molecule has 0 radical (unpaired) electrons. The molecule has 0 amide bonds. The second-order valence-corrected chi connectivity index (χ2v) is 12.7. The molecule has 0 aromatic heterocycles. The minimum atomic E-state index is -2.74. The predicted molar refractivity (Wildman–Crippen MR) is 153 cm³/mol. The van der Waals surface area contributed by atoms with Crippen LogP contribution in [0.25, 0.3) is 0 Å². The Bertz CT molecular complexity index is 1090. The lowest BCUT2D eigenvalue weighted by Gasteiger charge is -2.44. The molecule has 1 fully saturated rings. The summed E-state index contributed by atoms with van der Waals surface area (Å²) in [6.07, 6.45) is 7.32. The van der Waals surface area contributed by atoms with Gasteiger partial charge in [-0.25, -0.2) is 4.79 Å². The van der Waals surface area contributed by atoms with Gasteiger partial charge in [0.1, 0.15) is 12.2 Å². The summed E-state index contributed by atoms with van der Waals surface area (Å²) in [4.78, 5) is 55.0. The van der Waals surface area contributed by atoms with Crippen molar-refractivity contribution in [2.24, 2.45) is 29.1 Å². The van der Waals surface area contributed by atoms with Gasteiger partial charge in [0.2, 0.25) is 0 Å². The average molecular weight is 611 g/mol. The van der Waals surface area contributed by atoms with Crippen LogP contribution in [-0.4, -0.2) is 79.3 Å². The fourth-order valence-corrected chi connectivity index (χ4v) is 5.79. The van der Waals surface area contributed by atoms with Crippen LogP contribution in [-0.2, 0) is 33.4 Å². The molecule has 0 unspecified atom stereocenters. The average Bonchev–Trinajstić information content (AvgIpc) is 2.87. The molecule has 12 heteroatoms. The molecule has 0 saturated carbocycles. The first-order valence-electron chi connectivity index (χ1n) is 14.8. The number of carbonyl (C=O) groups excluding carboxylic acids is 2. The van der Waals surface area contributed by atoms with E-state index in [0.29, 0.717) is 24.2 Å². The Kier molecular flexibility index (Phi) is 12.5. The van der Waals surface area contributed by atoms with Crippen molar-refractivity contribution >= 4 is 29.8 Å². The number of aliphatic carboxylic acids is 3. The summed E-state index contributed by atoms with van der Waals surface area (Å²) in [6, 6.07) is 0. The fourth-order valence-electron chi connectivity index (χ4n) is 5.79. The monoisotopic (exact) mass is 610 g/mol. The highest BCUT2D eigenvalue weighted by Gasteiger charge is 2.43. The van der Waals surface area contributed by atoms with E-state index in [1.807, 2.05) is 20.8 Å². The van der Waals surface area contributed by atoms with E-state index in [1.165, 1.54) is 5.57 Å². The maximum atomic E-state index is 12.9. The molecule has 0 aromatic rings. The Balaban J connectivity index is 0.000000420. The molecule has 3 aliphatic rings. The standard InChI is InChI=1S/C25H38O5.C6H8O7/c1-6-25(4,5)24(28)30-21-12-15(2)11-17-8-7-16(3)20(23(17)21)10-9-19-13-18(26)14-22(27)29-19;7-3(8)1-6(13,5(11)12)2-4(9)10/h7-8,11,15-16,18-21,23,26H,6,9-10,12-14H2,1-5H3;13H,1-2H2,(H,7,8)(H,9,10)(H,11,12)/t15-,16-,18+,19+,20-,21-,23-;/m0./s1. The topological polar surface area (TPSA) is 205 Å². The molecular weight excluding hydrogens is 564 g/mol. The van der Waals surface area contributed by atoms with Crippen LogP contribution in [0.15, 0.2) is 23.8 Å². The first-order chi connectivity index (χ1) is 19.9. The molecule has 0 bridgehead atoms. The maximum absolute atomic E-state index is 12.9. The third-order valence-corrected chi connectivity index (χ3v) is 8.63. The van der Waals surface area contributed by atoms with E-state index in [9.17, 15) is 29.1 Å². The first-order valence-corrected chi connectivity index (χ1v) is 14.8. The number of fused-ring (bicyclic) bond motifs is 1. The molecule has 0 spiro atoms. The predicted octanol–water partition coefficient (Wildman–Crippen LogP) is 3.34. The van der Waals surface area contributed by atoms with Crippen LogP contribution in [0.1, 0.15) is 86.0 Å². The van der Waals surface area contributed by atoms with Gasteiger partial charge in [-0.2, -0.15) is 0 Å². The molecule has 7 atom stereocenters. The largest absolute Gasteiger partial charge is 0.481 e. The van der Waals surface area contributed by atoms with Crippen molar-refractivity contribution in [2.45, 2.75) is 110 Å². The van der Waals surface area contributed by atoms with E-state index in [4.69, 9.17) is 29.9 Å². The molecule has 3 rings (SSSR count). The summed E-state index contributed by atoms with van der Waals surface area (Å²) >= 11 is 0. The number of esters is 2. The van der Waals surface area contributed by atoms with Gasteiger partial charge in [0.15, 0.2) is 5.60 Å². The van der Waals surface area contributed by atoms with Crippen LogP contribution in [0, 0.1) is 29.1 Å². The SMILES string of the molecule is CCC(C)(C)C(=O)O[C@H]1C[C@@H](C)C=C2C=C[C@H](C)[C@H](CC[C@@H]3C[C@@H](O)CC(=O)O3)[C@H]21.O=C(O)CC(O)(CC(=O)O)C(=O)O. The molecule has 1 aliphatic heterocycles. The van der Waals surface area contributed by atoms with Gasteiger partial charge in [0.25, 0.3) is 0 Å². The number of aliphatic hydroxyl groups excluding tert-OH is 1. The Labute approximate surface area is 251 Å². The van der Waals surface area contributed by atoms with E-state index in [0.717, 1.165) is 25.7 Å². The summed E-state index contributed by atoms with van der Waals surface area (Å²) in [5.41, 5.74) is -1.95. The Morgan fingerprint density at radius 3 is 2.14 bits per heavy atom. The molecule has 1 heterocycles. The van der Waals surface area contributed by atoms with Crippen molar-refractivity contribution in [3.8, 4) is 0 Å². The van der Waals surface area contributed by atoms with Crippen molar-refractivity contribution in [1.82, 2.24) is 0 Å². The minimum absolute atomic E-state index is 0.0949. The number of hydrogen-bond acceptors (Lipinski definition) is 9. The lowest BCUT2D eigenvalue weighted by atomic mass is 9.65. The van der Waals surface area contributed by atoms with Gasteiger partial charge >= 0.3 is 29.8 Å². The molecule has 12 nitrogen and oxygen atoms in total. The van der Waals surface area contributed by atoms with E-state index in [-0.39, 0.29) is 36.5 Å². The number of aliphatic hydroxyl groups is 2. The van der Waals surface area contributed by atoms with Crippen molar-refractivity contribution in [3.63, 3.8) is 0 Å². The second-order valence-electron chi connectivity index (χ2n) is 12.7. The van der Waals surface area contributed by atoms with Gasteiger partial charge in [-0.3, -0.25) is 19.2 Å². The summed E-state index contributed by atoms with van der Waals surface area (Å²) in [6.45, 7) is 10.3. The van der Waals surface area contributed by atoms with Crippen LogP contribution in [0.4, 0.5) is 0 Å². The zero-order valence-electron chi connectivity index (χ0n) is 25.5. The van der Waals surface area contributed by atoms with Crippen LogP contribution in [0.3, 0.4) is 0 Å². The van der Waals surface area contributed by atoms with E-state index in [1.54, 1.807) is 0 Å². The molecule has 242 valence electrons. The highest BCUT2D eigenvalue weighted by molar-refractivity contribution is 5.88. The molecule has 43 heavy (non-hydrogen) atoms. The van der Waals surface area contributed by atoms with Gasteiger partial charge in [-0.15, -0.1) is 0 Å². The van der Waals surface area contributed by atoms with Gasteiger partial charge < -0.3 is 35.0 Å². The Morgan fingerprint density at radius 1 is 1.02 bits per heavy atom. The van der Waals surface area contributed by atoms with Gasteiger partial charge in [-0.1, -0.05) is 39.0 Å². The zero-order chi connectivity index (χ0) is 32.7. The third-order valence-electron chi connectivity index (χ3n) is 8.63. The van der Waals surface area contributed by atoms with Crippen LogP contribution < -0.4 is 0 Å². The maximum Gasteiger partial charge on any atom is 0.336 e. The first kappa shape index (κ1) is 35.9. The number of ether oxygens (including phenoxy) is 2. The molecule has 0 aromatic carbocycles. The van der Waals surface area contributed by atoms with E-state index >= 15 is 0 Å². The molecule has 5 N–H and O–H groups in total. The van der Waals surface area contributed by atoms with Gasteiger partial charge in [0, 0.05) is 12.3 Å². The van der Waals surface area contributed by atoms with Crippen molar-refractivity contribution in [1.29, 1.82) is 0 Å². The minimum Gasteiger partial charge on any atom is -0.481 e. The van der Waals surface area contributed by atoms with Crippen molar-refractivity contribution < 1.29 is 59.0 Å². The van der Waals surface area contributed by atoms with E-state index in [2.05, 4.69) is 32.1 Å². The summed E-state index contributed by atoms with van der Waals surface area (Å²) < 4.78 is 11.6. The number of carbonyl (C=O) groups is 5. The quantitative estimate of drug-likeness (QED) is 0.214. The van der Waals surface area contributed by atoms with Gasteiger partial charge in [-0.05, 0) is 62.9 Å². The number of cyclic esters (lactones) is 1. The summed E-state index contributed by atoms with van der Waals surface area (Å²) in [5, 5.41) is 43.7. The molecular formula is C31H46O12. The van der Waals surface area contributed by atoms with Crippen molar-refractivity contribution in [3.05, 3.63) is 23.8 Å². The number of rotatable bonds is 11. The van der Waals surface area contributed by atoms with Gasteiger partial charge in [0.05, 0.1) is 30.8 Å². The van der Waals surface area contributed by atoms with Crippen molar-refractivity contribution in [2.75, 3.05) is 0 Å². The smallest absolute Gasteiger partial charge is 0.336 e. The zero-order valence-corrected chi connectivity index (χ0v) is 25.5. The highest BCUT2D eigenvalue weighted by Crippen LogP contribution is 2.45. The summed E-state index contributed by atoms with van der Waals surface area (Å²) in [5.74, 6) is -4.24. The van der Waals surface area contributed by atoms with Crippen LogP contribution in [0.5, 0.6) is 0 Å². The van der Waals surface area contributed by atoms with E-state index < -0.39 is 47.9 Å². The Hall–Kier alpha value is -3.25. The molecule has 2 aliphatic carbocycles. The highest BCUT2D eigenvalue weighted by atomic mass is 16.6. The fraction of sp³-hybridized carbons (Fsp3) is 0.710. The van der Waals surface area contributed by atoms with Crippen LogP contribution >= 0.6 is 0 Å². The lowest BCUT2D eigenvalue weighted by Crippen LogP contribution is -2.43. The molecule has 1 saturated heterocycles. The number of hydrogen-bond donors (Lipinski definition) is 5. The normalized spacial score (nSPS) is 28.8. The Morgan fingerprint density at radius 2 is 1.63 bits per heavy atom. The lowest BCUT2D eigenvalue weighted by molar-refractivity contribution is -0.170. The summed E-state index contributed by atoms with van der Waals surface area (Å²) in [7, 11) is 0. The van der Waals surface area contributed by atoms with Crippen LogP contribution in [0.2, 0.25) is 0 Å². The number of allylic oxidation sites excluding steroid dienone is 3. The second kappa shape index (κ2) is 15.0. The number of carboxylic acid groups (broad SMARTS) is 3. The number of carboxylic acids is 3.